The number of nitro groups is 1. The summed E-state index contributed by atoms with van der Waals surface area (Å²) in [6, 6.07) is 0.321. The molecule has 6 heteroatoms. The molecule has 1 fully saturated rings. The molecule has 2 heterocycles. The van der Waals surface area contributed by atoms with Crippen molar-refractivity contribution in [3.63, 3.8) is 0 Å². The Morgan fingerprint density at radius 1 is 1.77 bits per heavy atom. The zero-order valence-corrected chi connectivity index (χ0v) is 7.01. The van der Waals surface area contributed by atoms with Gasteiger partial charge in [-0.1, -0.05) is 0 Å². The van der Waals surface area contributed by atoms with Crippen molar-refractivity contribution in [3.8, 4) is 0 Å². The largest absolute Gasteiger partial charge is 0.381 e. The quantitative estimate of drug-likeness (QED) is 0.528. The van der Waals surface area contributed by atoms with Crippen LogP contribution < -0.4 is 5.32 Å². The summed E-state index contributed by atoms with van der Waals surface area (Å²) in [7, 11) is 0. The van der Waals surface area contributed by atoms with Crippen LogP contribution in [0.2, 0.25) is 0 Å². The van der Waals surface area contributed by atoms with Gasteiger partial charge < -0.3 is 20.0 Å². The predicted octanol–water partition coefficient (Wildman–Crippen LogP) is 0.326. The maximum Gasteiger partial charge on any atom is 0.381 e. The van der Waals surface area contributed by atoms with Crippen LogP contribution in [-0.4, -0.2) is 27.6 Å². The molecule has 13 heavy (non-hydrogen) atoms. The van der Waals surface area contributed by atoms with Gasteiger partial charge in [0.1, 0.15) is 6.20 Å². The van der Waals surface area contributed by atoms with Crippen LogP contribution in [-0.2, 0) is 0 Å². The van der Waals surface area contributed by atoms with Crippen molar-refractivity contribution in [2.45, 2.75) is 12.5 Å². The van der Waals surface area contributed by atoms with Gasteiger partial charge in [-0.2, -0.15) is 0 Å². The Kier molecular flexibility index (Phi) is 1.97. The third kappa shape index (κ3) is 1.52. The van der Waals surface area contributed by atoms with Gasteiger partial charge in [0, 0.05) is 6.54 Å². The van der Waals surface area contributed by atoms with Crippen LogP contribution in [0.25, 0.3) is 0 Å². The Hall–Kier alpha value is -1.43. The lowest BCUT2D eigenvalue weighted by atomic mass is 10.3. The van der Waals surface area contributed by atoms with E-state index in [1.54, 1.807) is 4.57 Å². The van der Waals surface area contributed by atoms with Crippen molar-refractivity contribution in [3.05, 3.63) is 22.6 Å². The highest BCUT2D eigenvalue weighted by atomic mass is 16.6. The summed E-state index contributed by atoms with van der Waals surface area (Å²) in [5.41, 5.74) is 0. The Morgan fingerprint density at radius 3 is 3.15 bits per heavy atom. The van der Waals surface area contributed by atoms with E-state index < -0.39 is 4.92 Å². The lowest BCUT2D eigenvalue weighted by Gasteiger charge is -2.06. The minimum absolute atomic E-state index is 0.0769. The molecule has 0 aromatic carbocycles. The molecule has 1 aromatic rings. The van der Waals surface area contributed by atoms with Crippen LogP contribution in [0.15, 0.2) is 12.5 Å². The van der Waals surface area contributed by atoms with E-state index in [0.717, 1.165) is 19.5 Å². The highest BCUT2D eigenvalue weighted by Gasteiger charge is 2.19. The summed E-state index contributed by atoms with van der Waals surface area (Å²) in [5, 5.41) is 13.5. The summed E-state index contributed by atoms with van der Waals surface area (Å²) >= 11 is 0. The smallest absolute Gasteiger partial charge is 0.358 e. The highest BCUT2D eigenvalue weighted by molar-refractivity contribution is 5.13. The van der Waals surface area contributed by atoms with Crippen molar-refractivity contribution >= 4 is 5.82 Å². The Morgan fingerprint density at radius 2 is 2.62 bits per heavy atom. The number of hydrogen-bond acceptors (Lipinski definition) is 4. The predicted molar refractivity (Wildman–Crippen MR) is 45.4 cm³/mol. The highest BCUT2D eigenvalue weighted by Crippen LogP contribution is 2.17. The van der Waals surface area contributed by atoms with E-state index in [4.69, 9.17) is 0 Å². The van der Waals surface area contributed by atoms with Crippen molar-refractivity contribution in [1.29, 1.82) is 0 Å². The molecule has 70 valence electrons. The van der Waals surface area contributed by atoms with E-state index in [2.05, 4.69) is 10.3 Å². The van der Waals surface area contributed by atoms with Crippen molar-refractivity contribution in [2.75, 3.05) is 13.1 Å². The van der Waals surface area contributed by atoms with E-state index in [-0.39, 0.29) is 5.82 Å². The molecule has 0 bridgehead atoms. The average molecular weight is 182 g/mol. The molecule has 0 saturated carbocycles. The summed E-state index contributed by atoms with van der Waals surface area (Å²) < 4.78 is 1.80. The van der Waals surface area contributed by atoms with Crippen molar-refractivity contribution in [2.24, 2.45) is 0 Å². The zero-order chi connectivity index (χ0) is 9.26. The lowest BCUT2D eigenvalue weighted by molar-refractivity contribution is -0.389. The second-order valence-corrected chi connectivity index (χ2v) is 3.08. The number of aromatic nitrogens is 2. The molecule has 1 aliphatic rings. The van der Waals surface area contributed by atoms with Crippen molar-refractivity contribution < 1.29 is 4.92 Å². The molecular weight excluding hydrogens is 172 g/mol. The molecule has 6 nitrogen and oxygen atoms in total. The summed E-state index contributed by atoms with van der Waals surface area (Å²) in [5.74, 6) is -0.0769. The lowest BCUT2D eigenvalue weighted by Crippen LogP contribution is -2.11. The first kappa shape index (κ1) is 8.18. The van der Waals surface area contributed by atoms with E-state index in [9.17, 15) is 10.1 Å². The molecule has 1 saturated heterocycles. The molecule has 0 spiro atoms. The van der Waals surface area contributed by atoms with Gasteiger partial charge in [0.2, 0.25) is 6.33 Å². The molecule has 1 aromatic heterocycles. The van der Waals surface area contributed by atoms with Crippen LogP contribution in [0, 0.1) is 10.1 Å². The topological polar surface area (TPSA) is 73.0 Å². The minimum Gasteiger partial charge on any atom is -0.358 e. The van der Waals surface area contributed by atoms with Crippen LogP contribution in [0.1, 0.15) is 12.5 Å². The third-order valence-corrected chi connectivity index (χ3v) is 2.23. The second kappa shape index (κ2) is 3.14. The van der Waals surface area contributed by atoms with Crippen molar-refractivity contribution in [1.82, 2.24) is 14.9 Å². The van der Waals surface area contributed by atoms with Gasteiger partial charge >= 0.3 is 5.82 Å². The SMILES string of the molecule is O=[N+]([O-])c1cn(C2CCNC2)cn1. The Labute approximate surface area is 74.7 Å². The summed E-state index contributed by atoms with van der Waals surface area (Å²) in [4.78, 5) is 13.6. The maximum absolute atomic E-state index is 10.3. The first-order valence-electron chi connectivity index (χ1n) is 4.16. The minimum atomic E-state index is -0.473. The maximum atomic E-state index is 10.3. The molecule has 0 amide bonds. The van der Waals surface area contributed by atoms with Crippen LogP contribution in [0.4, 0.5) is 5.82 Å². The van der Waals surface area contributed by atoms with Gasteiger partial charge in [-0.05, 0) is 22.9 Å². The van der Waals surface area contributed by atoms with Gasteiger partial charge in [0.15, 0.2) is 0 Å². The average Bonchev–Trinajstić information content (AvgIpc) is 2.75. The van der Waals surface area contributed by atoms with Gasteiger partial charge in [0.25, 0.3) is 0 Å². The van der Waals surface area contributed by atoms with E-state index >= 15 is 0 Å². The number of nitrogens with zero attached hydrogens (tertiary/aromatic N) is 3. The fraction of sp³-hybridized carbons (Fsp3) is 0.571. The third-order valence-electron chi connectivity index (χ3n) is 2.23. The molecule has 1 aliphatic heterocycles. The number of rotatable bonds is 2. The van der Waals surface area contributed by atoms with Crippen LogP contribution in [0.3, 0.4) is 0 Å². The van der Waals surface area contributed by atoms with Crippen LogP contribution >= 0.6 is 0 Å². The summed E-state index contributed by atoms with van der Waals surface area (Å²) in [6.07, 6.45) is 4.01. The molecule has 1 atom stereocenters. The van der Waals surface area contributed by atoms with E-state index in [0.29, 0.717) is 6.04 Å². The molecule has 2 rings (SSSR count). The first-order valence-corrected chi connectivity index (χ1v) is 4.16. The monoisotopic (exact) mass is 182 g/mol. The normalized spacial score (nSPS) is 22.0. The first-order chi connectivity index (χ1) is 6.27. The molecule has 0 radical (unpaired) electrons. The van der Waals surface area contributed by atoms with Gasteiger partial charge in [0.05, 0.1) is 6.04 Å². The van der Waals surface area contributed by atoms with Crippen LogP contribution in [0.5, 0.6) is 0 Å². The van der Waals surface area contributed by atoms with Gasteiger partial charge in [-0.3, -0.25) is 0 Å². The number of imidazole rings is 1. The number of nitrogens with one attached hydrogen (secondary N) is 1. The van der Waals surface area contributed by atoms with E-state index in [1.165, 1.54) is 12.5 Å². The zero-order valence-electron chi connectivity index (χ0n) is 7.01. The Balaban J connectivity index is 2.16. The summed E-state index contributed by atoms with van der Waals surface area (Å²) in [6.45, 7) is 1.84. The number of hydrogen-bond donors (Lipinski definition) is 1. The van der Waals surface area contributed by atoms with Gasteiger partial charge in [-0.15, -0.1) is 0 Å². The fourth-order valence-corrected chi connectivity index (χ4v) is 1.51. The molecule has 1 N–H and O–H groups in total. The Bertz CT molecular complexity index is 316. The van der Waals surface area contributed by atoms with E-state index in [1.807, 2.05) is 0 Å². The molecule has 1 unspecified atom stereocenters. The standard InChI is InChI=1S/C7H10N4O2/c12-11(13)7-4-10(5-9-7)6-1-2-8-3-6/h4-6,8H,1-3H2. The molecular formula is C7H10N4O2. The van der Waals surface area contributed by atoms with Gasteiger partial charge in [-0.25, -0.2) is 0 Å². The fourth-order valence-electron chi connectivity index (χ4n) is 1.51. The second-order valence-electron chi connectivity index (χ2n) is 3.08. The molecule has 0 aliphatic carbocycles.